The van der Waals surface area contributed by atoms with E-state index < -0.39 is 0 Å². The van der Waals surface area contributed by atoms with E-state index in [2.05, 4.69) is 6.92 Å². The third kappa shape index (κ3) is 55.8. The van der Waals surface area contributed by atoms with Gasteiger partial charge in [0.2, 0.25) is 0 Å². The van der Waals surface area contributed by atoms with Crippen molar-refractivity contribution >= 4 is 0 Å². The van der Waals surface area contributed by atoms with Gasteiger partial charge in [-0.05, 0) is 696 Å². The van der Waals surface area contributed by atoms with Gasteiger partial charge in [-0.2, -0.15) is 0 Å². The Labute approximate surface area is 871 Å². The summed E-state index contributed by atoms with van der Waals surface area (Å²) >= 11 is 0. The summed E-state index contributed by atoms with van der Waals surface area (Å²) in [7, 11) is 0. The van der Waals surface area contributed by atoms with E-state index >= 15 is 0 Å². The second-order valence-electron chi connectivity index (χ2n) is 44.8. The average Bonchev–Trinajstić information content (AvgIpc) is 0.775. The molecule has 0 aromatic carbocycles. The van der Waals surface area contributed by atoms with Crippen LogP contribution in [0.2, 0.25) is 0 Å². The van der Waals surface area contributed by atoms with E-state index in [1.165, 1.54) is 0 Å². The number of rotatable bonds is 111. The van der Waals surface area contributed by atoms with Crippen LogP contribution in [-0.4, -0.2) is 183 Å². The summed E-state index contributed by atoms with van der Waals surface area (Å²) in [4.78, 5) is 0. The Morgan fingerprint density at radius 1 is 0.0851 bits per heavy atom. The molecule has 0 bridgehead atoms. The summed E-state index contributed by atoms with van der Waals surface area (Å²) in [5.41, 5.74) is 194. The Morgan fingerprint density at radius 3 is 0.298 bits per heavy atom. The zero-order valence-electron chi connectivity index (χ0n) is 92.9. The Balaban J connectivity index is 11.2. The normalized spacial score (nSPS) is 18.2. The molecule has 0 spiro atoms. The van der Waals surface area contributed by atoms with Crippen LogP contribution in [-0.2, 0) is 0 Å². The van der Waals surface area contributed by atoms with Gasteiger partial charge < -0.3 is 161 Å². The largest absolute Gasteiger partial charge is 0.330 e. The van der Waals surface area contributed by atoms with Crippen molar-refractivity contribution in [3.8, 4) is 0 Å². The van der Waals surface area contributed by atoms with E-state index in [1.807, 2.05) is 0 Å². The zero-order chi connectivity index (χ0) is 105. The number of nitrogens with two attached hydrogens (primary N) is 28. The second-order valence-corrected chi connectivity index (χ2v) is 44.8. The van der Waals surface area contributed by atoms with E-state index in [-0.39, 0.29) is 88.8 Å². The van der Waals surface area contributed by atoms with Crippen LogP contribution in [0.1, 0.15) is 373 Å². The molecule has 0 amide bonds. The summed E-state index contributed by atoms with van der Waals surface area (Å²) in [5.74, 6) is 8.17. The minimum absolute atomic E-state index is 0.225. The van der Waals surface area contributed by atoms with Crippen LogP contribution in [0.4, 0.5) is 0 Å². The van der Waals surface area contributed by atoms with Crippen molar-refractivity contribution in [2.45, 2.75) is 373 Å². The van der Waals surface area contributed by atoms with E-state index in [1.54, 1.807) is 0 Å². The Morgan fingerprint density at radius 2 is 0.170 bits per heavy atom. The molecule has 28 heteroatoms. The molecular weight excluding hydrogens is 1750 g/mol. The van der Waals surface area contributed by atoms with Crippen molar-refractivity contribution < 1.29 is 0 Å². The Kier molecular flexibility index (Phi) is 96.3. The van der Waals surface area contributed by atoms with E-state index in [0.29, 0.717) is 254 Å². The summed E-state index contributed by atoms with van der Waals surface area (Å²) in [6.45, 7) is 19.6. The van der Waals surface area contributed by atoms with E-state index in [9.17, 15) is 0 Å². The van der Waals surface area contributed by atoms with Crippen LogP contribution in [0.3, 0.4) is 0 Å². The maximum Gasteiger partial charge on any atom is -0.00772 e. The molecule has 27 unspecified atom stereocenters. The summed E-state index contributed by atoms with van der Waals surface area (Å²) < 4.78 is 0. The van der Waals surface area contributed by atoms with E-state index in [0.717, 1.165) is 366 Å². The first-order valence-corrected chi connectivity index (χ1v) is 60.6. The minimum Gasteiger partial charge on any atom is -0.330 e. The van der Waals surface area contributed by atoms with Gasteiger partial charge >= 0.3 is 0 Å². The molecule has 56 N–H and O–H groups in total. The van der Waals surface area contributed by atoms with Gasteiger partial charge in [-0.15, -0.1) is 0 Å². The molecule has 27 atom stereocenters. The first kappa shape index (κ1) is 140. The van der Waals surface area contributed by atoms with Gasteiger partial charge in [0.25, 0.3) is 0 Å². The molecule has 0 aliphatic carbocycles. The standard InChI is InChI=1S/C113H256N28/c1-87(31-4-60-115)89(34-6-62-117)91(36-8-64-119)93(38-10-66-121)95(40-12-68-123)97(42-14-70-125)99(44-16-72-127)101(46-18-74-129)103(48-20-76-131)105(50-22-78-133)107(52-24-80-135)109(54-26-82-137)111(56-28-84-139)113(58-30-86-141)112(57-29-85-140)110(55-27-83-138)108(53-25-81-136)106(51-23-79-134)104(49-21-77-132)102(47-19-75-130)100(45-17-73-128)98(43-15-71-126)96(41-13-69-124)94(39-11-67-122)92(37-9-65-120)90(35-7-63-118)88(33-5-61-116)32-2-3-59-114/h87-113H,2-86,114-141H2,1H3. The van der Waals surface area contributed by atoms with Crippen molar-refractivity contribution in [3.63, 3.8) is 0 Å². The molecule has 141 heavy (non-hydrogen) atoms. The molecule has 0 aromatic rings. The summed E-state index contributed by atoms with van der Waals surface area (Å²) in [6, 6.07) is 0. The smallest absolute Gasteiger partial charge is 0.00772 e. The fourth-order valence-electron chi connectivity index (χ4n) is 29.9. The fraction of sp³-hybridized carbons (Fsp3) is 1.00. The molecule has 0 aliphatic rings. The fourth-order valence-corrected chi connectivity index (χ4v) is 29.9. The highest BCUT2D eigenvalue weighted by molar-refractivity contribution is 5.02. The average molecular weight is 2010 g/mol. The van der Waals surface area contributed by atoms with Gasteiger partial charge in [0.15, 0.2) is 0 Å². The van der Waals surface area contributed by atoms with E-state index in [4.69, 9.17) is 161 Å². The highest BCUT2D eigenvalue weighted by Crippen LogP contribution is 2.59. The van der Waals surface area contributed by atoms with Gasteiger partial charge in [0, 0.05) is 0 Å². The van der Waals surface area contributed by atoms with Gasteiger partial charge in [-0.25, -0.2) is 0 Å². The monoisotopic (exact) mass is 2010 g/mol. The third-order valence-corrected chi connectivity index (χ3v) is 35.7. The molecule has 28 nitrogen and oxygen atoms in total. The lowest BCUT2D eigenvalue weighted by atomic mass is 9.52. The highest BCUT2D eigenvalue weighted by atomic mass is 14.7. The minimum atomic E-state index is 0.225. The van der Waals surface area contributed by atoms with Crippen molar-refractivity contribution in [1.29, 1.82) is 0 Å². The summed E-state index contributed by atoms with van der Waals surface area (Å²) in [6.07, 6.45) is 55.4. The lowest BCUT2D eigenvalue weighted by Gasteiger charge is -2.53. The van der Waals surface area contributed by atoms with Gasteiger partial charge in [-0.3, -0.25) is 0 Å². The molecule has 0 rings (SSSR count). The number of hydrogen-bond donors (Lipinski definition) is 28. The molecule has 0 aromatic heterocycles. The van der Waals surface area contributed by atoms with Crippen molar-refractivity contribution in [2.75, 3.05) is 183 Å². The van der Waals surface area contributed by atoms with Crippen molar-refractivity contribution in [1.82, 2.24) is 0 Å². The molecule has 0 radical (unpaired) electrons. The first-order valence-electron chi connectivity index (χ1n) is 60.6. The SMILES string of the molecule is CC(CCCN)C(CCCN)C(CCCN)C(CCCN)C(CCCN)C(CCCN)C(CCCN)C(CCCN)C(CCCN)C(CCCN)C(CCCN)C(CCCN)C(CCCN)C(CCCN)C(CCCN)C(CCCN)C(CCCN)C(CCCN)C(CCCN)C(CCCN)C(CCCN)C(CCCN)C(CCCN)C(CCCN)C(CCCN)C(CCCN)C(CCCN)CCCCN. The topological polar surface area (TPSA) is 729 Å². The van der Waals surface area contributed by atoms with Crippen LogP contribution < -0.4 is 161 Å². The van der Waals surface area contributed by atoms with Crippen LogP contribution in [0, 0.1) is 160 Å². The molecule has 0 saturated heterocycles. The third-order valence-electron chi connectivity index (χ3n) is 35.7. The second kappa shape index (κ2) is 97.1. The highest BCUT2D eigenvalue weighted by Gasteiger charge is 2.52. The van der Waals surface area contributed by atoms with Crippen LogP contribution in [0.25, 0.3) is 0 Å². The van der Waals surface area contributed by atoms with Gasteiger partial charge in [0.05, 0.1) is 0 Å². The Bertz CT molecular complexity index is 2440. The number of unbranched alkanes of at least 4 members (excludes halogenated alkanes) is 1. The Hall–Kier alpha value is -1.12. The van der Waals surface area contributed by atoms with Crippen LogP contribution in [0.5, 0.6) is 0 Å². The lowest BCUT2D eigenvalue weighted by molar-refractivity contribution is -0.0374. The zero-order valence-corrected chi connectivity index (χ0v) is 92.9. The first-order chi connectivity index (χ1) is 69.0. The molecular formula is C113H256N28. The summed E-state index contributed by atoms with van der Waals surface area (Å²) in [5, 5.41) is 0. The lowest BCUT2D eigenvalue weighted by Crippen LogP contribution is -2.46. The van der Waals surface area contributed by atoms with Crippen molar-refractivity contribution in [2.24, 2.45) is 320 Å². The van der Waals surface area contributed by atoms with Crippen molar-refractivity contribution in [3.05, 3.63) is 0 Å². The maximum absolute atomic E-state index is 7.16. The van der Waals surface area contributed by atoms with Gasteiger partial charge in [0.1, 0.15) is 0 Å². The maximum atomic E-state index is 7.16. The molecule has 0 saturated carbocycles. The quantitative estimate of drug-likeness (QED) is 0.0252. The molecule has 0 heterocycles. The van der Waals surface area contributed by atoms with Crippen LogP contribution >= 0.6 is 0 Å². The predicted octanol–water partition coefficient (Wildman–Crippen LogP) is 10.7. The predicted molar refractivity (Wildman–Crippen MR) is 617 cm³/mol. The number of hydrogen-bond acceptors (Lipinski definition) is 28. The molecule has 0 fully saturated rings. The molecule has 848 valence electrons. The van der Waals surface area contributed by atoms with Gasteiger partial charge in [-0.1, -0.05) is 19.8 Å². The van der Waals surface area contributed by atoms with Crippen LogP contribution in [0.15, 0.2) is 0 Å². The molecule has 0 aliphatic heterocycles.